The van der Waals surface area contributed by atoms with Gasteiger partial charge in [-0.05, 0) is 37.3 Å². The first-order valence-electron chi connectivity index (χ1n) is 9.76. The molecule has 0 aliphatic heterocycles. The van der Waals surface area contributed by atoms with E-state index in [9.17, 15) is 4.79 Å². The number of methoxy groups -OCH3 is 3. The van der Waals surface area contributed by atoms with Gasteiger partial charge in [-0.3, -0.25) is 9.36 Å². The molecule has 0 spiro atoms. The Morgan fingerprint density at radius 1 is 0.839 bits per heavy atom. The summed E-state index contributed by atoms with van der Waals surface area (Å²) in [6.45, 7) is 1.97. The number of hydrogen-bond donors (Lipinski definition) is 0. The molecular weight excluding hydrogens is 410 g/mol. The van der Waals surface area contributed by atoms with Crippen LogP contribution in [0.3, 0.4) is 0 Å². The van der Waals surface area contributed by atoms with Crippen LogP contribution in [0.1, 0.15) is 16.1 Å². The molecule has 1 heterocycles. The van der Waals surface area contributed by atoms with E-state index < -0.39 is 0 Å². The van der Waals surface area contributed by atoms with E-state index in [0.717, 1.165) is 26.4 Å². The Kier molecular flexibility index (Phi) is 5.91. The first-order valence-corrected chi connectivity index (χ1v) is 10.6. The van der Waals surface area contributed by atoms with Gasteiger partial charge in [-0.25, -0.2) is 0 Å². The minimum atomic E-state index is -0.159. The molecule has 4 aromatic rings. The highest BCUT2D eigenvalue weighted by Gasteiger charge is 2.23. The summed E-state index contributed by atoms with van der Waals surface area (Å²) in [6, 6.07) is 21.5. The van der Waals surface area contributed by atoms with Crippen molar-refractivity contribution in [3.8, 4) is 17.2 Å². The van der Waals surface area contributed by atoms with E-state index >= 15 is 0 Å². The van der Waals surface area contributed by atoms with Gasteiger partial charge in [0.05, 0.1) is 26.8 Å². The molecule has 4 rings (SSSR count). The Morgan fingerprint density at radius 2 is 1.45 bits per heavy atom. The van der Waals surface area contributed by atoms with Gasteiger partial charge in [-0.15, -0.1) is 0 Å². The molecule has 3 aromatic carbocycles. The number of carbonyl (C=O) groups is 1. The summed E-state index contributed by atoms with van der Waals surface area (Å²) in [4.78, 5) is 15.9. The minimum absolute atomic E-state index is 0.159. The molecule has 0 radical (unpaired) electrons. The summed E-state index contributed by atoms with van der Waals surface area (Å²) >= 11 is 1.66. The predicted octanol–water partition coefficient (Wildman–Crippen LogP) is 5.82. The number of nitrogens with zero attached hydrogens (tertiary/aromatic N) is 1. The zero-order valence-corrected chi connectivity index (χ0v) is 18.7. The highest BCUT2D eigenvalue weighted by molar-refractivity contribution is 7.99. The van der Waals surface area contributed by atoms with E-state index in [0.29, 0.717) is 22.8 Å². The zero-order chi connectivity index (χ0) is 22.0. The number of hydrogen-bond acceptors (Lipinski definition) is 5. The quantitative estimate of drug-likeness (QED) is 0.384. The average molecular weight is 434 g/mol. The lowest BCUT2D eigenvalue weighted by Crippen LogP contribution is -2.14. The van der Waals surface area contributed by atoms with E-state index in [2.05, 4.69) is 12.1 Å². The first kappa shape index (κ1) is 20.9. The van der Waals surface area contributed by atoms with Crippen molar-refractivity contribution in [1.82, 2.24) is 4.57 Å². The van der Waals surface area contributed by atoms with Crippen LogP contribution in [-0.2, 0) is 0 Å². The zero-order valence-electron chi connectivity index (χ0n) is 17.8. The Bertz CT molecular complexity index is 1220. The SMILES string of the molecule is COc1cc(C(=O)n2c(C)c(Sc3ccccc3)c3ccccc32)cc(OC)c1OC. The summed E-state index contributed by atoms with van der Waals surface area (Å²) in [6.07, 6.45) is 0. The maximum Gasteiger partial charge on any atom is 0.262 e. The molecule has 1 aromatic heterocycles. The van der Waals surface area contributed by atoms with E-state index in [4.69, 9.17) is 14.2 Å². The van der Waals surface area contributed by atoms with Crippen molar-refractivity contribution in [2.75, 3.05) is 21.3 Å². The van der Waals surface area contributed by atoms with Crippen LogP contribution >= 0.6 is 11.8 Å². The molecule has 0 saturated carbocycles. The van der Waals surface area contributed by atoms with Gasteiger partial charge in [0.1, 0.15) is 0 Å². The number of rotatable bonds is 6. The predicted molar refractivity (Wildman–Crippen MR) is 123 cm³/mol. The van der Waals surface area contributed by atoms with Crippen molar-refractivity contribution in [2.24, 2.45) is 0 Å². The minimum Gasteiger partial charge on any atom is -0.493 e. The number of aromatic nitrogens is 1. The molecule has 0 aliphatic rings. The molecule has 31 heavy (non-hydrogen) atoms. The summed E-state index contributed by atoms with van der Waals surface area (Å²) in [5, 5.41) is 1.04. The second-order valence-corrected chi connectivity index (χ2v) is 7.99. The van der Waals surface area contributed by atoms with Crippen LogP contribution in [0.4, 0.5) is 0 Å². The van der Waals surface area contributed by atoms with Crippen molar-refractivity contribution in [1.29, 1.82) is 0 Å². The molecule has 5 nitrogen and oxygen atoms in total. The number of para-hydroxylation sites is 1. The molecule has 6 heteroatoms. The molecular formula is C25H23NO4S. The van der Waals surface area contributed by atoms with Crippen molar-refractivity contribution in [3.05, 3.63) is 78.0 Å². The second-order valence-electron chi connectivity index (χ2n) is 6.90. The van der Waals surface area contributed by atoms with E-state index in [1.54, 1.807) is 35.6 Å². The van der Waals surface area contributed by atoms with Crippen molar-refractivity contribution in [3.63, 3.8) is 0 Å². The highest BCUT2D eigenvalue weighted by Crippen LogP contribution is 2.41. The van der Waals surface area contributed by atoms with Crippen molar-refractivity contribution >= 4 is 28.6 Å². The Balaban J connectivity index is 1.87. The van der Waals surface area contributed by atoms with Gasteiger partial charge < -0.3 is 14.2 Å². The summed E-state index contributed by atoms with van der Waals surface area (Å²) in [7, 11) is 4.62. The van der Waals surface area contributed by atoms with Gasteiger partial charge in [0, 0.05) is 26.4 Å². The lowest BCUT2D eigenvalue weighted by molar-refractivity contribution is 0.0962. The van der Waals surface area contributed by atoms with Crippen LogP contribution in [0.2, 0.25) is 0 Å². The third kappa shape index (κ3) is 3.75. The highest BCUT2D eigenvalue weighted by atomic mass is 32.2. The van der Waals surface area contributed by atoms with Gasteiger partial charge in [-0.2, -0.15) is 0 Å². The molecule has 158 valence electrons. The van der Waals surface area contributed by atoms with Crippen LogP contribution in [0, 0.1) is 6.92 Å². The summed E-state index contributed by atoms with van der Waals surface area (Å²) in [5.74, 6) is 1.18. The molecule has 0 N–H and O–H groups in total. The first-order chi connectivity index (χ1) is 15.1. The number of benzene rings is 3. The molecule has 0 unspecified atom stereocenters. The third-order valence-corrected chi connectivity index (χ3v) is 6.36. The molecule has 0 atom stereocenters. The van der Waals surface area contributed by atoms with Crippen molar-refractivity contribution < 1.29 is 19.0 Å². The average Bonchev–Trinajstić information content (AvgIpc) is 3.09. The smallest absolute Gasteiger partial charge is 0.262 e. The Hall–Kier alpha value is -3.38. The van der Waals surface area contributed by atoms with Crippen LogP contribution in [0.15, 0.2) is 76.5 Å². The number of fused-ring (bicyclic) bond motifs is 1. The lowest BCUT2D eigenvalue weighted by atomic mass is 10.1. The standard InChI is InChI=1S/C25H23NO4S/c1-16-24(31-18-10-6-5-7-11-18)19-12-8-9-13-20(19)26(16)25(27)17-14-21(28-2)23(30-4)22(15-17)29-3/h5-15H,1-4H3. The van der Waals surface area contributed by atoms with Gasteiger partial charge >= 0.3 is 0 Å². The van der Waals surface area contributed by atoms with Crippen LogP contribution < -0.4 is 14.2 Å². The van der Waals surface area contributed by atoms with Gasteiger partial charge in [0.25, 0.3) is 5.91 Å². The topological polar surface area (TPSA) is 49.7 Å². The largest absolute Gasteiger partial charge is 0.493 e. The van der Waals surface area contributed by atoms with Gasteiger partial charge in [0.2, 0.25) is 5.75 Å². The maximum absolute atomic E-state index is 13.7. The Labute approximate surface area is 185 Å². The van der Waals surface area contributed by atoms with Crippen LogP contribution in [0.5, 0.6) is 17.2 Å². The van der Waals surface area contributed by atoms with E-state index in [-0.39, 0.29) is 5.91 Å². The fourth-order valence-corrected chi connectivity index (χ4v) is 4.72. The number of ether oxygens (including phenoxy) is 3. The summed E-state index contributed by atoms with van der Waals surface area (Å²) < 4.78 is 18.0. The third-order valence-electron chi connectivity index (χ3n) is 5.13. The second kappa shape index (κ2) is 8.78. The van der Waals surface area contributed by atoms with E-state index in [1.807, 2.05) is 49.4 Å². The molecule has 0 saturated heterocycles. The van der Waals surface area contributed by atoms with Crippen LogP contribution in [-0.4, -0.2) is 31.8 Å². The van der Waals surface area contributed by atoms with Gasteiger partial charge in [-0.1, -0.05) is 48.2 Å². The molecule has 0 amide bonds. The molecule has 0 aliphatic carbocycles. The lowest BCUT2D eigenvalue weighted by Gasteiger charge is -2.14. The molecule has 0 bridgehead atoms. The molecule has 0 fully saturated rings. The fourth-order valence-electron chi connectivity index (χ4n) is 3.67. The van der Waals surface area contributed by atoms with Crippen LogP contribution in [0.25, 0.3) is 10.9 Å². The number of carbonyl (C=O) groups excluding carboxylic acids is 1. The normalized spacial score (nSPS) is 10.8. The monoisotopic (exact) mass is 433 g/mol. The maximum atomic E-state index is 13.7. The fraction of sp³-hybridized carbons (Fsp3) is 0.160. The van der Waals surface area contributed by atoms with Gasteiger partial charge in [0.15, 0.2) is 11.5 Å². The Morgan fingerprint density at radius 3 is 2.06 bits per heavy atom. The summed E-state index contributed by atoms with van der Waals surface area (Å²) in [5.41, 5.74) is 2.20. The van der Waals surface area contributed by atoms with Crippen molar-refractivity contribution in [2.45, 2.75) is 16.7 Å². The van der Waals surface area contributed by atoms with E-state index in [1.165, 1.54) is 14.2 Å².